The monoisotopic (exact) mass is 248 g/mol. The highest BCUT2D eigenvalue weighted by atomic mass is 35.5. The van der Waals surface area contributed by atoms with Crippen LogP contribution in [-0.2, 0) is 4.79 Å². The fourth-order valence-corrected chi connectivity index (χ4v) is 0.851. The van der Waals surface area contributed by atoms with Gasteiger partial charge in [0.2, 0.25) is 0 Å². The van der Waals surface area contributed by atoms with E-state index in [4.69, 9.17) is 0 Å². The van der Waals surface area contributed by atoms with Gasteiger partial charge in [-0.3, -0.25) is 4.79 Å². The zero-order valence-electron chi connectivity index (χ0n) is 5.43. The molecule has 78 valence electrons. The van der Waals surface area contributed by atoms with Crippen molar-refractivity contribution in [3.8, 4) is 0 Å². The van der Waals surface area contributed by atoms with Gasteiger partial charge in [-0.25, -0.2) is 4.39 Å². The van der Waals surface area contributed by atoms with Crippen LogP contribution in [0.25, 0.3) is 0 Å². The Kier molecular flexibility index (Phi) is 3.16. The molecule has 0 aliphatic rings. The van der Waals surface area contributed by atoms with Gasteiger partial charge in [0.15, 0.2) is 0 Å². The molecule has 0 amide bonds. The first kappa shape index (κ1) is 12.8. The topological polar surface area (TPSA) is 17.1 Å². The summed E-state index contributed by atoms with van der Waals surface area (Å²) in [7, 11) is 0. The van der Waals surface area contributed by atoms with Gasteiger partial charge < -0.3 is 0 Å². The minimum atomic E-state index is -6.17. The number of hydrogen-bond acceptors (Lipinski definition) is 1. The van der Waals surface area contributed by atoms with E-state index in [1.807, 2.05) is 0 Å². The fraction of sp³-hybridized carbons (Fsp3) is 0.750. The molecule has 0 fully saturated rings. The van der Waals surface area contributed by atoms with Crippen LogP contribution in [0.4, 0.5) is 26.3 Å². The van der Waals surface area contributed by atoms with Crippen molar-refractivity contribution in [3.05, 3.63) is 0 Å². The van der Waals surface area contributed by atoms with Gasteiger partial charge in [-0.1, -0.05) is 0 Å². The predicted molar refractivity (Wildman–Crippen MR) is 31.6 cm³/mol. The Labute approximate surface area is 77.6 Å². The van der Waals surface area contributed by atoms with Crippen molar-refractivity contribution < 1.29 is 31.1 Å². The Hall–Kier alpha value is -0.170. The summed E-state index contributed by atoms with van der Waals surface area (Å²) in [5.41, 5.74) is -5.57. The molecule has 0 saturated heterocycles. The van der Waals surface area contributed by atoms with Crippen LogP contribution < -0.4 is 0 Å². The molecule has 0 aromatic rings. The van der Waals surface area contributed by atoms with Crippen molar-refractivity contribution in [2.75, 3.05) is 0 Å². The van der Waals surface area contributed by atoms with E-state index in [9.17, 15) is 31.1 Å². The van der Waals surface area contributed by atoms with Gasteiger partial charge in [-0.05, 0) is 23.2 Å². The number of carbonyl (C=O) groups is 1. The Morgan fingerprint density at radius 2 is 1.31 bits per heavy atom. The van der Waals surface area contributed by atoms with Crippen molar-refractivity contribution >= 4 is 28.4 Å². The second-order valence-corrected chi connectivity index (χ2v) is 2.75. The first-order valence-corrected chi connectivity index (χ1v) is 3.22. The molecule has 0 spiro atoms. The van der Waals surface area contributed by atoms with E-state index in [2.05, 4.69) is 23.2 Å². The van der Waals surface area contributed by atoms with Crippen molar-refractivity contribution in [2.45, 2.75) is 17.2 Å². The second-order valence-electron chi connectivity index (χ2n) is 1.93. The lowest BCUT2D eigenvalue weighted by molar-refractivity contribution is -0.263. The van der Waals surface area contributed by atoms with Crippen LogP contribution in [-0.4, -0.2) is 22.5 Å². The van der Waals surface area contributed by atoms with E-state index in [-0.39, 0.29) is 0 Å². The molecule has 0 N–H and O–H groups in total. The molecule has 0 bridgehead atoms. The summed E-state index contributed by atoms with van der Waals surface area (Å²) < 4.78 is 71.0. The van der Waals surface area contributed by atoms with Gasteiger partial charge in [0.1, 0.15) is 0 Å². The summed E-state index contributed by atoms with van der Waals surface area (Å²) in [4.78, 5) is 9.87. The fourth-order valence-electron chi connectivity index (χ4n) is 0.384. The number of alkyl halides is 7. The normalized spacial score (nSPS) is 18.2. The van der Waals surface area contributed by atoms with Gasteiger partial charge in [0, 0.05) is 0 Å². The van der Waals surface area contributed by atoms with Gasteiger partial charge in [0.25, 0.3) is 5.24 Å². The number of carbonyl (C=O) groups excluding carboxylic acids is 1. The highest BCUT2D eigenvalue weighted by molar-refractivity contribution is 6.66. The largest absolute Gasteiger partial charge is 0.438 e. The van der Waals surface area contributed by atoms with Gasteiger partial charge >= 0.3 is 17.2 Å². The molecule has 9 heteroatoms. The Bertz CT molecular complexity index is 204. The van der Waals surface area contributed by atoms with Crippen molar-refractivity contribution in [1.29, 1.82) is 0 Å². The maximum Gasteiger partial charge on any atom is 0.438 e. The third-order valence-corrected chi connectivity index (χ3v) is 1.57. The van der Waals surface area contributed by atoms with Crippen LogP contribution in [0.5, 0.6) is 0 Å². The maximum atomic E-state index is 12.4. The van der Waals surface area contributed by atoms with E-state index in [0.717, 1.165) is 0 Å². The van der Waals surface area contributed by atoms with Crippen LogP contribution >= 0.6 is 23.2 Å². The SMILES string of the molecule is O=C(Cl)C(F)(C(F)(F)F)C(F)(F)Cl. The van der Waals surface area contributed by atoms with Crippen LogP contribution in [0, 0.1) is 0 Å². The highest BCUT2D eigenvalue weighted by Crippen LogP contribution is 2.48. The summed E-state index contributed by atoms with van der Waals surface area (Å²) in [6.07, 6.45) is -6.17. The molecule has 1 atom stereocenters. The summed E-state index contributed by atoms with van der Waals surface area (Å²) in [5, 5.41) is -8.36. The summed E-state index contributed by atoms with van der Waals surface area (Å²) >= 11 is 7.84. The quantitative estimate of drug-likeness (QED) is 0.417. The number of rotatable bonds is 2. The zero-order chi connectivity index (χ0) is 11.1. The Balaban J connectivity index is 5.35. The zero-order valence-corrected chi connectivity index (χ0v) is 6.94. The van der Waals surface area contributed by atoms with E-state index in [1.54, 1.807) is 0 Å². The van der Waals surface area contributed by atoms with E-state index in [0.29, 0.717) is 0 Å². The summed E-state index contributed by atoms with van der Waals surface area (Å²) in [6.45, 7) is 0. The van der Waals surface area contributed by atoms with Crippen LogP contribution in [0.15, 0.2) is 0 Å². The maximum absolute atomic E-state index is 12.4. The summed E-state index contributed by atoms with van der Waals surface area (Å²) in [5.74, 6) is 0. The summed E-state index contributed by atoms with van der Waals surface area (Å²) in [6, 6.07) is 0. The third-order valence-electron chi connectivity index (χ3n) is 1.05. The first-order valence-electron chi connectivity index (χ1n) is 2.47. The van der Waals surface area contributed by atoms with Crippen molar-refractivity contribution in [1.82, 2.24) is 0 Å². The molecule has 0 rings (SSSR count). The molecule has 0 heterocycles. The minimum absolute atomic E-state index is 2.92. The standard InChI is InChI=1S/C4Cl2F6O/c5-1(13)2(7,3(6,8)9)4(10,11)12. The van der Waals surface area contributed by atoms with Crippen molar-refractivity contribution in [3.63, 3.8) is 0 Å². The average Bonchev–Trinajstić information content (AvgIpc) is 1.80. The second kappa shape index (κ2) is 3.20. The minimum Gasteiger partial charge on any atom is -0.277 e. The lowest BCUT2D eigenvalue weighted by Crippen LogP contribution is -2.56. The number of hydrogen-bond donors (Lipinski definition) is 0. The van der Waals surface area contributed by atoms with Gasteiger partial charge in [-0.15, -0.1) is 0 Å². The molecule has 1 unspecified atom stereocenters. The molecular formula is C4Cl2F6O. The van der Waals surface area contributed by atoms with Crippen LogP contribution in [0.1, 0.15) is 0 Å². The van der Waals surface area contributed by atoms with E-state index < -0.39 is 22.5 Å². The average molecular weight is 249 g/mol. The van der Waals surface area contributed by atoms with E-state index >= 15 is 0 Å². The first-order chi connectivity index (χ1) is 5.44. The molecule has 1 nitrogen and oxygen atoms in total. The third kappa shape index (κ3) is 2.01. The molecule has 0 radical (unpaired) electrons. The smallest absolute Gasteiger partial charge is 0.277 e. The lowest BCUT2D eigenvalue weighted by atomic mass is 10.1. The Morgan fingerprint density at radius 1 is 1.00 bits per heavy atom. The van der Waals surface area contributed by atoms with Gasteiger partial charge in [0.05, 0.1) is 0 Å². The number of halogens is 8. The molecule has 0 aromatic heterocycles. The molecule has 0 saturated carbocycles. The predicted octanol–water partition coefficient (Wildman–Crippen LogP) is 2.85. The van der Waals surface area contributed by atoms with Crippen LogP contribution in [0.2, 0.25) is 0 Å². The molecule has 0 aliphatic heterocycles. The molecule has 0 aromatic carbocycles. The van der Waals surface area contributed by atoms with Crippen LogP contribution in [0.3, 0.4) is 0 Å². The molecule has 13 heavy (non-hydrogen) atoms. The molecular weight excluding hydrogens is 249 g/mol. The van der Waals surface area contributed by atoms with Gasteiger partial charge in [-0.2, -0.15) is 22.0 Å². The van der Waals surface area contributed by atoms with E-state index in [1.165, 1.54) is 0 Å². The van der Waals surface area contributed by atoms with Crippen molar-refractivity contribution in [2.24, 2.45) is 0 Å². The lowest BCUT2D eigenvalue weighted by Gasteiger charge is -2.27. The highest BCUT2D eigenvalue weighted by Gasteiger charge is 2.75. The molecule has 0 aliphatic carbocycles. The Morgan fingerprint density at radius 3 is 1.31 bits per heavy atom.